The summed E-state index contributed by atoms with van der Waals surface area (Å²) in [6.45, 7) is 4.27. The maximum atomic E-state index is 14.1. The number of hydrogen-bond acceptors (Lipinski definition) is 5. The Kier molecular flexibility index (Phi) is 5.54. The number of nitrogens with one attached hydrogen (secondary N) is 2. The molecule has 0 unspecified atom stereocenters. The van der Waals surface area contributed by atoms with E-state index in [1.807, 2.05) is 60.7 Å². The number of aromatic nitrogens is 3. The van der Waals surface area contributed by atoms with Crippen LogP contribution in [0.25, 0.3) is 0 Å². The van der Waals surface area contributed by atoms with Gasteiger partial charge in [0.1, 0.15) is 11.2 Å². The maximum absolute atomic E-state index is 14.1. The number of carbonyl (C=O) groups excluding carboxylic acids is 1. The molecule has 0 saturated carbocycles. The Morgan fingerprint density at radius 2 is 1.58 bits per heavy atom. The van der Waals surface area contributed by atoms with Gasteiger partial charge in [-0.2, -0.15) is 5.10 Å². The van der Waals surface area contributed by atoms with Crippen molar-refractivity contribution >= 4 is 21.8 Å². The maximum Gasteiger partial charge on any atom is 0.272 e. The second kappa shape index (κ2) is 8.59. The Hall–Kier alpha value is -3.85. The van der Waals surface area contributed by atoms with E-state index in [0.717, 1.165) is 10.0 Å². The number of hydrogen-bond donors (Lipinski definition) is 2. The van der Waals surface area contributed by atoms with E-state index in [-0.39, 0.29) is 23.8 Å². The molecule has 7 rings (SSSR count). The molecular weight excluding hydrogens is 546 g/mol. The molecule has 192 valence electrons. The van der Waals surface area contributed by atoms with E-state index in [1.54, 1.807) is 12.1 Å². The molecule has 0 saturated heterocycles. The smallest absolute Gasteiger partial charge is 0.272 e. The third kappa shape index (κ3) is 3.31. The normalized spacial score (nSPS) is 21.4. The van der Waals surface area contributed by atoms with E-state index in [0.29, 0.717) is 40.3 Å². The fourth-order valence-electron chi connectivity index (χ4n) is 6.24. The molecule has 1 heterocycles. The van der Waals surface area contributed by atoms with Gasteiger partial charge in [-0.25, -0.2) is 4.98 Å². The Bertz CT molecular complexity index is 1530. The van der Waals surface area contributed by atoms with Crippen LogP contribution in [0.3, 0.4) is 0 Å². The van der Waals surface area contributed by atoms with Crippen molar-refractivity contribution in [2.24, 2.45) is 0 Å². The van der Waals surface area contributed by atoms with Gasteiger partial charge in [0.2, 0.25) is 5.91 Å². The highest BCUT2D eigenvalue weighted by Crippen LogP contribution is 2.59. The minimum atomic E-state index is -1.34. The molecule has 2 N–H and O–H groups in total. The summed E-state index contributed by atoms with van der Waals surface area (Å²) in [7, 11) is 0. The number of halogens is 1. The van der Waals surface area contributed by atoms with E-state index >= 15 is 0 Å². The lowest BCUT2D eigenvalue weighted by Gasteiger charge is -2.49. The zero-order chi connectivity index (χ0) is 26.7. The summed E-state index contributed by atoms with van der Waals surface area (Å²) in [6.07, 6.45) is 0.612. The first-order valence-electron chi connectivity index (χ1n) is 12.5. The predicted octanol–water partition coefficient (Wildman–Crippen LogP) is 5.12. The van der Waals surface area contributed by atoms with Crippen LogP contribution in [0.15, 0.2) is 77.3 Å². The van der Waals surface area contributed by atoms with Crippen LogP contribution in [-0.4, -0.2) is 26.0 Å². The minimum Gasteiger partial charge on any atom is -0.348 e. The SMILES string of the molecule is CC(C)(c1ccc(Br)cc1)c1n[nH]c(CNC(=O)C23CCC([N+](=O)[O-])(c4ccccc42)c2ccccc23)n1. The molecule has 1 aromatic heterocycles. The molecule has 8 nitrogen and oxygen atoms in total. The molecule has 1 amide bonds. The number of fused-ring (bicyclic) bond motifs is 1. The van der Waals surface area contributed by atoms with Crippen LogP contribution in [0.5, 0.6) is 0 Å². The first kappa shape index (κ1) is 24.5. The van der Waals surface area contributed by atoms with Crippen LogP contribution in [0.1, 0.15) is 66.2 Å². The van der Waals surface area contributed by atoms with Crippen molar-refractivity contribution in [3.63, 3.8) is 0 Å². The van der Waals surface area contributed by atoms with Gasteiger partial charge in [0, 0.05) is 26.9 Å². The third-order valence-electron chi connectivity index (χ3n) is 8.30. The molecule has 0 spiro atoms. The van der Waals surface area contributed by atoms with Gasteiger partial charge in [0.15, 0.2) is 5.82 Å². The minimum absolute atomic E-state index is 0.161. The molecule has 2 bridgehead atoms. The highest BCUT2D eigenvalue weighted by molar-refractivity contribution is 9.10. The predicted molar refractivity (Wildman–Crippen MR) is 145 cm³/mol. The fourth-order valence-corrected chi connectivity index (χ4v) is 6.50. The number of amides is 1. The summed E-state index contributed by atoms with van der Waals surface area (Å²) in [5.74, 6) is 0.978. The second-order valence-corrected chi connectivity index (χ2v) is 11.4. The molecule has 4 aromatic rings. The monoisotopic (exact) mass is 571 g/mol. The molecular formula is C29H26BrN5O3. The van der Waals surface area contributed by atoms with Gasteiger partial charge in [0.05, 0.1) is 12.0 Å². The number of carbonyl (C=O) groups is 1. The average molecular weight is 572 g/mol. The molecule has 9 heteroatoms. The van der Waals surface area contributed by atoms with Gasteiger partial charge in [-0.15, -0.1) is 0 Å². The van der Waals surface area contributed by atoms with E-state index in [2.05, 4.69) is 45.3 Å². The zero-order valence-corrected chi connectivity index (χ0v) is 22.6. The Morgan fingerprint density at radius 1 is 1.00 bits per heavy atom. The standard InChI is InChI=1S/C29H26BrN5O3/c1-27(2,18-11-13-19(30)14-12-18)25-32-24(33-34-25)17-31-26(36)28-15-16-29(35(37)38,22-9-5-3-7-20(22)28)23-10-6-4-8-21(23)28/h3-14H,15-17H2,1-2H3,(H,31,36)(H,32,33,34). The molecule has 38 heavy (non-hydrogen) atoms. The van der Waals surface area contributed by atoms with Crippen molar-refractivity contribution in [3.05, 3.63) is 127 Å². The van der Waals surface area contributed by atoms with Crippen LogP contribution >= 0.6 is 15.9 Å². The summed E-state index contributed by atoms with van der Waals surface area (Å²) >= 11 is 3.47. The zero-order valence-electron chi connectivity index (χ0n) is 21.0. The summed E-state index contributed by atoms with van der Waals surface area (Å²) in [5.41, 5.74) is 0.891. The number of rotatable bonds is 6. The van der Waals surface area contributed by atoms with Crippen molar-refractivity contribution in [3.8, 4) is 0 Å². The summed E-state index contributed by atoms with van der Waals surface area (Å²) in [4.78, 5) is 31.1. The number of H-pyrrole nitrogens is 1. The molecule has 3 aliphatic carbocycles. The number of nitro groups is 1. The van der Waals surface area contributed by atoms with Crippen LogP contribution in [0.2, 0.25) is 0 Å². The van der Waals surface area contributed by atoms with E-state index in [9.17, 15) is 14.9 Å². The first-order chi connectivity index (χ1) is 18.2. The van der Waals surface area contributed by atoms with Crippen molar-refractivity contribution in [2.75, 3.05) is 0 Å². The highest BCUT2D eigenvalue weighted by atomic mass is 79.9. The lowest BCUT2D eigenvalue weighted by molar-refractivity contribution is -0.570. The summed E-state index contributed by atoms with van der Waals surface area (Å²) in [6, 6.07) is 22.7. The van der Waals surface area contributed by atoms with Crippen LogP contribution in [0.4, 0.5) is 0 Å². The van der Waals surface area contributed by atoms with Crippen molar-refractivity contribution in [1.29, 1.82) is 0 Å². The van der Waals surface area contributed by atoms with E-state index in [4.69, 9.17) is 4.98 Å². The molecule has 0 atom stereocenters. The molecule has 3 aromatic carbocycles. The van der Waals surface area contributed by atoms with Crippen molar-refractivity contribution < 1.29 is 9.72 Å². The number of aromatic amines is 1. The van der Waals surface area contributed by atoms with Gasteiger partial charge in [-0.05, 0) is 49.1 Å². The fraction of sp³-hybridized carbons (Fsp3) is 0.276. The first-order valence-corrected chi connectivity index (χ1v) is 13.3. The van der Waals surface area contributed by atoms with Gasteiger partial charge in [-0.3, -0.25) is 20.0 Å². The lowest BCUT2D eigenvalue weighted by Crippen LogP contribution is -2.58. The largest absolute Gasteiger partial charge is 0.348 e. The van der Waals surface area contributed by atoms with E-state index in [1.165, 1.54) is 0 Å². The number of benzene rings is 3. The molecule has 0 aliphatic heterocycles. The van der Waals surface area contributed by atoms with Crippen LogP contribution in [0, 0.1) is 10.1 Å². The van der Waals surface area contributed by atoms with Crippen LogP contribution in [-0.2, 0) is 27.7 Å². The third-order valence-corrected chi connectivity index (χ3v) is 8.83. The van der Waals surface area contributed by atoms with E-state index < -0.39 is 16.4 Å². The lowest BCUT2D eigenvalue weighted by atomic mass is 9.52. The summed E-state index contributed by atoms with van der Waals surface area (Å²) < 4.78 is 0.999. The quantitative estimate of drug-likeness (QED) is 0.246. The van der Waals surface area contributed by atoms with Crippen LogP contribution < -0.4 is 5.32 Å². The summed E-state index contributed by atoms with van der Waals surface area (Å²) in [5, 5.41) is 23.0. The van der Waals surface area contributed by atoms with Gasteiger partial charge in [0.25, 0.3) is 5.54 Å². The average Bonchev–Trinajstić information content (AvgIpc) is 3.42. The molecule has 0 radical (unpaired) electrons. The van der Waals surface area contributed by atoms with Crippen molar-refractivity contribution in [2.45, 2.75) is 49.6 Å². The molecule has 3 aliphatic rings. The second-order valence-electron chi connectivity index (χ2n) is 10.5. The number of nitrogens with zero attached hydrogens (tertiary/aromatic N) is 3. The van der Waals surface area contributed by atoms with Gasteiger partial charge < -0.3 is 5.32 Å². The van der Waals surface area contributed by atoms with Gasteiger partial charge >= 0.3 is 0 Å². The molecule has 0 fully saturated rings. The Balaban J connectivity index is 1.32. The topological polar surface area (TPSA) is 114 Å². The Morgan fingerprint density at radius 3 is 2.16 bits per heavy atom. The van der Waals surface area contributed by atoms with Gasteiger partial charge in [-0.1, -0.05) is 76.6 Å². The highest BCUT2D eigenvalue weighted by Gasteiger charge is 2.65. The Labute approximate surface area is 228 Å². The van der Waals surface area contributed by atoms with Crippen molar-refractivity contribution in [1.82, 2.24) is 20.5 Å².